The Bertz CT molecular complexity index is 1080. The van der Waals surface area contributed by atoms with Crippen molar-refractivity contribution >= 4 is 11.0 Å². The van der Waals surface area contributed by atoms with E-state index in [1.807, 2.05) is 19.2 Å². The fraction of sp³-hybridized carbons (Fsp3) is 0.500. The zero-order chi connectivity index (χ0) is 21.4. The molecule has 0 N–H and O–H groups in total. The van der Waals surface area contributed by atoms with Gasteiger partial charge in [0.1, 0.15) is 5.82 Å². The maximum Gasteiger partial charge on any atom is 0.253 e. The first-order valence-electron chi connectivity index (χ1n) is 10.7. The van der Waals surface area contributed by atoms with Crippen LogP contribution in [0.4, 0.5) is 0 Å². The highest BCUT2D eigenvalue weighted by molar-refractivity contribution is 5.82. The van der Waals surface area contributed by atoms with E-state index in [9.17, 15) is 4.79 Å². The van der Waals surface area contributed by atoms with Crippen molar-refractivity contribution in [1.82, 2.24) is 14.1 Å². The van der Waals surface area contributed by atoms with Crippen LogP contribution >= 0.6 is 0 Å². The third kappa shape index (κ3) is 3.94. The summed E-state index contributed by atoms with van der Waals surface area (Å²) in [6.45, 7) is 7.40. The predicted octanol–water partition coefficient (Wildman–Crippen LogP) is 4.03. The number of pyridine rings is 1. The second kappa shape index (κ2) is 8.36. The fourth-order valence-corrected chi connectivity index (χ4v) is 4.25. The van der Waals surface area contributed by atoms with Gasteiger partial charge in [-0.15, -0.1) is 0 Å². The van der Waals surface area contributed by atoms with Crippen molar-refractivity contribution < 1.29 is 9.47 Å². The van der Waals surface area contributed by atoms with Gasteiger partial charge in [0.15, 0.2) is 0 Å². The molecule has 0 unspecified atom stereocenters. The van der Waals surface area contributed by atoms with E-state index in [0.29, 0.717) is 18.6 Å². The number of hydrogen-bond donors (Lipinski definition) is 0. The van der Waals surface area contributed by atoms with Crippen molar-refractivity contribution in [3.05, 3.63) is 52.2 Å². The highest BCUT2D eigenvalue weighted by Gasteiger charge is 2.34. The minimum absolute atomic E-state index is 0.0377. The number of aromatic nitrogens is 3. The molecule has 4 rings (SSSR count). The molecule has 6 nitrogen and oxygen atoms in total. The monoisotopic (exact) mass is 409 g/mol. The Morgan fingerprint density at radius 2 is 1.97 bits per heavy atom. The molecule has 0 bridgehead atoms. The first-order valence-corrected chi connectivity index (χ1v) is 10.7. The van der Waals surface area contributed by atoms with Crippen molar-refractivity contribution in [3.8, 4) is 11.1 Å². The smallest absolute Gasteiger partial charge is 0.253 e. The molecule has 1 saturated carbocycles. The number of methoxy groups -OCH3 is 1. The van der Waals surface area contributed by atoms with E-state index in [1.165, 1.54) is 0 Å². The lowest BCUT2D eigenvalue weighted by Gasteiger charge is -2.34. The summed E-state index contributed by atoms with van der Waals surface area (Å²) in [7, 11) is 3.58. The summed E-state index contributed by atoms with van der Waals surface area (Å²) < 4.78 is 15.3. The van der Waals surface area contributed by atoms with Gasteiger partial charge in [0.2, 0.25) is 0 Å². The molecule has 30 heavy (non-hydrogen) atoms. The van der Waals surface area contributed by atoms with E-state index in [2.05, 4.69) is 36.6 Å². The molecule has 1 aliphatic rings. The van der Waals surface area contributed by atoms with Crippen molar-refractivity contribution in [2.45, 2.75) is 58.3 Å². The van der Waals surface area contributed by atoms with E-state index in [1.54, 1.807) is 18.7 Å². The molecule has 1 aliphatic carbocycles. The standard InChI is InChI=1S/C24H31N3O3/c1-15(2)30-9-8-27-22-13-17(19-10-16(3)24(28)26(4)14-19)6-7-21(22)25-23(27)18-11-20(12-18)29-5/h6-7,10,13-15,18,20H,8-9,11-12H2,1-5H3. The largest absolute Gasteiger partial charge is 0.381 e. The van der Waals surface area contributed by atoms with Crippen LogP contribution in [0.5, 0.6) is 0 Å². The highest BCUT2D eigenvalue weighted by atomic mass is 16.5. The molecule has 0 atom stereocenters. The predicted molar refractivity (Wildman–Crippen MR) is 119 cm³/mol. The molecular formula is C24H31N3O3. The second-order valence-electron chi connectivity index (χ2n) is 8.60. The average molecular weight is 410 g/mol. The molecule has 6 heteroatoms. The van der Waals surface area contributed by atoms with E-state index in [4.69, 9.17) is 14.5 Å². The zero-order valence-corrected chi connectivity index (χ0v) is 18.5. The molecule has 0 amide bonds. The highest BCUT2D eigenvalue weighted by Crippen LogP contribution is 2.39. The lowest BCUT2D eigenvalue weighted by atomic mass is 9.81. The quantitative estimate of drug-likeness (QED) is 0.591. The molecule has 160 valence electrons. The van der Waals surface area contributed by atoms with Crippen molar-refractivity contribution in [2.75, 3.05) is 13.7 Å². The molecule has 0 spiro atoms. The van der Waals surface area contributed by atoms with E-state index < -0.39 is 0 Å². The molecule has 0 saturated heterocycles. The summed E-state index contributed by atoms with van der Waals surface area (Å²) in [5.74, 6) is 1.55. The van der Waals surface area contributed by atoms with Gasteiger partial charge in [-0.25, -0.2) is 4.98 Å². The van der Waals surface area contributed by atoms with Gasteiger partial charge in [-0.05, 0) is 62.9 Å². The van der Waals surface area contributed by atoms with Crippen LogP contribution in [-0.2, 0) is 23.1 Å². The molecule has 2 heterocycles. The first kappa shape index (κ1) is 20.8. The van der Waals surface area contributed by atoms with Crippen molar-refractivity contribution in [1.29, 1.82) is 0 Å². The number of ether oxygens (including phenoxy) is 2. The van der Waals surface area contributed by atoms with Crippen LogP contribution in [0.15, 0.2) is 35.3 Å². The van der Waals surface area contributed by atoms with Gasteiger partial charge >= 0.3 is 0 Å². The first-order chi connectivity index (χ1) is 14.4. The third-order valence-corrected chi connectivity index (χ3v) is 6.03. The van der Waals surface area contributed by atoms with Gasteiger partial charge in [0, 0.05) is 38.4 Å². The van der Waals surface area contributed by atoms with Gasteiger partial charge in [-0.2, -0.15) is 0 Å². The number of hydrogen-bond acceptors (Lipinski definition) is 4. The normalized spacial score (nSPS) is 18.9. The molecule has 0 aliphatic heterocycles. The Hall–Kier alpha value is -2.44. The van der Waals surface area contributed by atoms with Gasteiger partial charge in [0.25, 0.3) is 5.56 Å². The maximum atomic E-state index is 12.1. The van der Waals surface area contributed by atoms with Crippen LogP contribution in [0.1, 0.15) is 44.0 Å². The van der Waals surface area contributed by atoms with Gasteiger partial charge in [0.05, 0.1) is 29.8 Å². The molecule has 1 aromatic carbocycles. The van der Waals surface area contributed by atoms with Crippen LogP contribution in [0.3, 0.4) is 0 Å². The lowest BCUT2D eigenvalue weighted by molar-refractivity contribution is 0.0220. The van der Waals surface area contributed by atoms with Crippen LogP contribution in [-0.4, -0.2) is 40.0 Å². The molecule has 0 radical (unpaired) electrons. The summed E-state index contributed by atoms with van der Waals surface area (Å²) in [4.78, 5) is 17.1. The zero-order valence-electron chi connectivity index (χ0n) is 18.5. The molecular weight excluding hydrogens is 378 g/mol. The molecule has 1 fully saturated rings. The minimum Gasteiger partial charge on any atom is -0.381 e. The Balaban J connectivity index is 1.75. The average Bonchev–Trinajstić information content (AvgIpc) is 3.02. The number of imidazole rings is 1. The number of benzene rings is 1. The Morgan fingerprint density at radius 3 is 2.63 bits per heavy atom. The van der Waals surface area contributed by atoms with Crippen molar-refractivity contribution in [2.24, 2.45) is 7.05 Å². The summed E-state index contributed by atoms with van der Waals surface area (Å²) in [6, 6.07) is 8.32. The fourth-order valence-electron chi connectivity index (χ4n) is 4.25. The summed E-state index contributed by atoms with van der Waals surface area (Å²) >= 11 is 0. The molecule has 3 aromatic rings. The Kier molecular flexibility index (Phi) is 5.80. The Labute approximate surface area is 177 Å². The van der Waals surface area contributed by atoms with Crippen LogP contribution < -0.4 is 5.56 Å². The number of fused-ring (bicyclic) bond motifs is 1. The van der Waals surface area contributed by atoms with Crippen LogP contribution in [0, 0.1) is 6.92 Å². The Morgan fingerprint density at radius 1 is 1.20 bits per heavy atom. The minimum atomic E-state index is 0.0377. The number of nitrogens with zero attached hydrogens (tertiary/aromatic N) is 3. The maximum absolute atomic E-state index is 12.1. The van der Waals surface area contributed by atoms with E-state index in [-0.39, 0.29) is 11.7 Å². The number of aryl methyl sites for hydroxylation is 2. The van der Waals surface area contributed by atoms with E-state index in [0.717, 1.165) is 52.9 Å². The van der Waals surface area contributed by atoms with Gasteiger partial charge in [-0.3, -0.25) is 4.79 Å². The van der Waals surface area contributed by atoms with Crippen LogP contribution in [0.25, 0.3) is 22.2 Å². The van der Waals surface area contributed by atoms with Gasteiger partial charge < -0.3 is 18.6 Å². The number of rotatable bonds is 7. The van der Waals surface area contributed by atoms with Gasteiger partial charge in [-0.1, -0.05) is 6.07 Å². The third-order valence-electron chi connectivity index (χ3n) is 6.03. The van der Waals surface area contributed by atoms with Crippen molar-refractivity contribution in [3.63, 3.8) is 0 Å². The topological polar surface area (TPSA) is 58.3 Å². The summed E-state index contributed by atoms with van der Waals surface area (Å²) in [5, 5.41) is 0. The SMILES string of the molecule is COC1CC(c2nc3ccc(-c4cc(C)c(=O)n(C)c4)cc3n2CCOC(C)C)C1. The van der Waals surface area contributed by atoms with Crippen LogP contribution in [0.2, 0.25) is 0 Å². The molecule has 2 aromatic heterocycles. The summed E-state index contributed by atoms with van der Waals surface area (Å²) in [5.41, 5.74) is 5.02. The lowest BCUT2D eigenvalue weighted by Crippen LogP contribution is -2.31. The second-order valence-corrected chi connectivity index (χ2v) is 8.60. The van der Waals surface area contributed by atoms with E-state index >= 15 is 0 Å². The summed E-state index contributed by atoms with van der Waals surface area (Å²) in [6.07, 6.45) is 4.46.